The summed E-state index contributed by atoms with van der Waals surface area (Å²) in [6.45, 7) is 6.81. The van der Waals surface area contributed by atoms with Gasteiger partial charge in [-0.25, -0.2) is 4.98 Å². The Morgan fingerprint density at radius 3 is 2.54 bits per heavy atom. The quantitative estimate of drug-likeness (QED) is 0.634. The molecule has 138 valence electrons. The van der Waals surface area contributed by atoms with Gasteiger partial charge in [-0.3, -0.25) is 15.0 Å². The maximum absolute atomic E-state index is 11.0. The third kappa shape index (κ3) is 4.56. The van der Waals surface area contributed by atoms with E-state index in [1.807, 2.05) is 18.2 Å². The molecule has 1 N–H and O–H groups in total. The van der Waals surface area contributed by atoms with Gasteiger partial charge in [0.25, 0.3) is 5.69 Å². The van der Waals surface area contributed by atoms with Crippen molar-refractivity contribution in [1.29, 1.82) is 0 Å². The Hall–Kier alpha value is -2.51. The minimum atomic E-state index is -0.398. The van der Waals surface area contributed by atoms with Crippen LogP contribution >= 0.6 is 0 Å². The van der Waals surface area contributed by atoms with E-state index in [-0.39, 0.29) is 11.7 Å². The van der Waals surface area contributed by atoms with E-state index >= 15 is 0 Å². The largest absolute Gasteiger partial charge is 0.362 e. The molecule has 2 aromatic rings. The highest BCUT2D eigenvalue weighted by Gasteiger charge is 2.21. The molecule has 1 aromatic carbocycles. The zero-order valence-electron chi connectivity index (χ0n) is 15.3. The van der Waals surface area contributed by atoms with E-state index < -0.39 is 4.92 Å². The van der Waals surface area contributed by atoms with Crippen molar-refractivity contribution >= 4 is 11.5 Å². The molecule has 0 amide bonds. The van der Waals surface area contributed by atoms with Gasteiger partial charge in [0.1, 0.15) is 12.0 Å². The number of nitrogens with one attached hydrogen (secondary N) is 1. The van der Waals surface area contributed by atoms with Crippen LogP contribution in [0.15, 0.2) is 42.6 Å². The van der Waals surface area contributed by atoms with Crippen molar-refractivity contribution in [1.82, 2.24) is 14.8 Å². The van der Waals surface area contributed by atoms with Crippen LogP contribution in [-0.4, -0.2) is 59.5 Å². The maximum Gasteiger partial charge on any atom is 0.290 e. The van der Waals surface area contributed by atoms with Crippen LogP contribution in [0.25, 0.3) is 0 Å². The first kappa shape index (κ1) is 18.3. The standard InChI is InChI=1S/C19H25N5O2/c1-15-12-19(20-13-18(15)24(25)26)21-17(16-6-4-3-5-7-16)14-23-10-8-22(2)9-11-23/h3-7,12-13,17H,8-11,14H2,1-2H3,(H,20,21). The number of rotatable bonds is 6. The van der Waals surface area contributed by atoms with Gasteiger partial charge in [0, 0.05) is 38.3 Å². The topological polar surface area (TPSA) is 74.5 Å². The van der Waals surface area contributed by atoms with Crippen molar-refractivity contribution in [3.8, 4) is 0 Å². The van der Waals surface area contributed by atoms with Gasteiger partial charge in [-0.15, -0.1) is 0 Å². The molecule has 0 spiro atoms. The van der Waals surface area contributed by atoms with Crippen LogP contribution in [0.5, 0.6) is 0 Å². The van der Waals surface area contributed by atoms with Crippen molar-refractivity contribution in [2.24, 2.45) is 0 Å². The highest BCUT2D eigenvalue weighted by molar-refractivity contribution is 5.48. The van der Waals surface area contributed by atoms with Gasteiger partial charge in [0.15, 0.2) is 0 Å². The van der Waals surface area contributed by atoms with Crippen molar-refractivity contribution in [3.05, 3.63) is 63.8 Å². The Kier molecular flexibility index (Phi) is 5.80. The Labute approximate surface area is 153 Å². The molecule has 1 aliphatic rings. The number of hydrogen-bond donors (Lipinski definition) is 1. The number of nitro groups is 1. The van der Waals surface area contributed by atoms with Crippen LogP contribution in [0.1, 0.15) is 17.2 Å². The van der Waals surface area contributed by atoms with E-state index in [2.05, 4.69) is 39.3 Å². The molecule has 1 aromatic heterocycles. The minimum absolute atomic E-state index is 0.0471. The van der Waals surface area contributed by atoms with Gasteiger partial charge in [0.05, 0.1) is 11.0 Å². The normalized spacial score (nSPS) is 17.0. The molecule has 0 bridgehead atoms. The van der Waals surface area contributed by atoms with Crippen LogP contribution in [0.3, 0.4) is 0 Å². The zero-order valence-corrected chi connectivity index (χ0v) is 15.3. The number of aromatic nitrogens is 1. The third-order valence-corrected chi connectivity index (χ3v) is 4.84. The number of nitrogens with zero attached hydrogens (tertiary/aromatic N) is 4. The molecule has 26 heavy (non-hydrogen) atoms. The van der Waals surface area contributed by atoms with Crippen molar-refractivity contribution in [3.63, 3.8) is 0 Å². The summed E-state index contributed by atoms with van der Waals surface area (Å²) in [5, 5.41) is 14.5. The van der Waals surface area contributed by atoms with Gasteiger partial charge in [0.2, 0.25) is 0 Å². The lowest BCUT2D eigenvalue weighted by Gasteiger charge is -2.35. The number of piperazine rings is 1. The summed E-state index contributed by atoms with van der Waals surface area (Å²) in [4.78, 5) is 19.6. The second-order valence-corrected chi connectivity index (χ2v) is 6.82. The van der Waals surface area contributed by atoms with Crippen molar-refractivity contribution in [2.75, 3.05) is 45.1 Å². The molecule has 7 heteroatoms. The molecule has 0 saturated carbocycles. The van der Waals surface area contributed by atoms with E-state index in [9.17, 15) is 10.1 Å². The smallest absolute Gasteiger partial charge is 0.290 e. The molecule has 7 nitrogen and oxygen atoms in total. The number of pyridine rings is 1. The second kappa shape index (κ2) is 8.25. The Bertz CT molecular complexity index is 745. The van der Waals surface area contributed by atoms with E-state index in [1.54, 1.807) is 13.0 Å². The molecule has 1 aliphatic heterocycles. The SMILES string of the molecule is Cc1cc(NC(CN2CCN(C)CC2)c2ccccc2)ncc1[N+](=O)[O-]. The third-order valence-electron chi connectivity index (χ3n) is 4.84. The van der Waals surface area contributed by atoms with Crippen LogP contribution in [-0.2, 0) is 0 Å². The summed E-state index contributed by atoms with van der Waals surface area (Å²) in [6, 6.07) is 12.1. The fourth-order valence-electron chi connectivity index (χ4n) is 3.21. The van der Waals surface area contributed by atoms with Gasteiger partial charge in [-0.1, -0.05) is 30.3 Å². The summed E-state index contributed by atoms with van der Waals surface area (Å²) in [5.41, 5.74) is 1.84. The Balaban J connectivity index is 1.77. The predicted octanol–water partition coefficient (Wildman–Crippen LogP) is 2.70. The van der Waals surface area contributed by atoms with Gasteiger partial charge < -0.3 is 10.2 Å². The fourth-order valence-corrected chi connectivity index (χ4v) is 3.21. The lowest BCUT2D eigenvalue weighted by atomic mass is 10.1. The number of hydrogen-bond acceptors (Lipinski definition) is 6. The van der Waals surface area contributed by atoms with Gasteiger partial charge in [-0.2, -0.15) is 0 Å². The Morgan fingerprint density at radius 2 is 1.92 bits per heavy atom. The highest BCUT2D eigenvalue weighted by atomic mass is 16.6. The van der Waals surface area contributed by atoms with E-state index in [1.165, 1.54) is 11.8 Å². The van der Waals surface area contributed by atoms with Gasteiger partial charge >= 0.3 is 0 Å². The first-order valence-electron chi connectivity index (χ1n) is 8.86. The van der Waals surface area contributed by atoms with Crippen molar-refractivity contribution < 1.29 is 4.92 Å². The van der Waals surface area contributed by atoms with E-state index in [0.717, 1.165) is 32.7 Å². The molecule has 0 radical (unpaired) electrons. The summed E-state index contributed by atoms with van der Waals surface area (Å²) in [6.07, 6.45) is 1.33. The monoisotopic (exact) mass is 355 g/mol. The van der Waals surface area contributed by atoms with E-state index in [4.69, 9.17) is 0 Å². The summed E-state index contributed by atoms with van der Waals surface area (Å²) < 4.78 is 0. The number of anilines is 1. The highest BCUT2D eigenvalue weighted by Crippen LogP contribution is 2.24. The minimum Gasteiger partial charge on any atom is -0.362 e. The molecule has 1 saturated heterocycles. The molecule has 2 heterocycles. The average molecular weight is 355 g/mol. The fraction of sp³-hybridized carbons (Fsp3) is 0.421. The van der Waals surface area contributed by atoms with Crippen LogP contribution in [0, 0.1) is 17.0 Å². The van der Waals surface area contributed by atoms with Crippen molar-refractivity contribution in [2.45, 2.75) is 13.0 Å². The zero-order chi connectivity index (χ0) is 18.5. The molecule has 1 unspecified atom stereocenters. The number of likely N-dealkylation sites (N-methyl/N-ethyl adjacent to an activating group) is 1. The molecule has 3 rings (SSSR count). The molecule has 0 aliphatic carbocycles. The van der Waals surface area contributed by atoms with Gasteiger partial charge in [-0.05, 0) is 25.6 Å². The first-order chi connectivity index (χ1) is 12.5. The maximum atomic E-state index is 11.0. The second-order valence-electron chi connectivity index (χ2n) is 6.82. The predicted molar refractivity (Wildman–Crippen MR) is 102 cm³/mol. The molecular formula is C19H25N5O2. The molecule has 1 fully saturated rings. The summed E-state index contributed by atoms with van der Waals surface area (Å²) >= 11 is 0. The first-order valence-corrected chi connectivity index (χ1v) is 8.86. The lowest BCUT2D eigenvalue weighted by Crippen LogP contribution is -2.46. The van der Waals surface area contributed by atoms with Crippen LogP contribution < -0.4 is 5.32 Å². The van der Waals surface area contributed by atoms with Crippen LogP contribution in [0.2, 0.25) is 0 Å². The summed E-state index contributed by atoms with van der Waals surface area (Å²) in [5.74, 6) is 0.663. The molecular weight excluding hydrogens is 330 g/mol. The number of benzene rings is 1. The lowest BCUT2D eigenvalue weighted by molar-refractivity contribution is -0.385. The van der Waals surface area contributed by atoms with Crippen LogP contribution in [0.4, 0.5) is 11.5 Å². The summed E-state index contributed by atoms with van der Waals surface area (Å²) in [7, 11) is 2.15. The average Bonchev–Trinajstić information content (AvgIpc) is 2.63. The number of aryl methyl sites for hydroxylation is 1. The molecule has 1 atom stereocenters. The van der Waals surface area contributed by atoms with E-state index in [0.29, 0.717) is 11.4 Å². The Morgan fingerprint density at radius 1 is 1.23 bits per heavy atom.